The number of benzene rings is 1. The maximum absolute atomic E-state index is 12.7. The number of piperazine rings is 1. The Bertz CT molecular complexity index is 583. The molecular formula is C14H22Cl2N2O3S. The second kappa shape index (κ2) is 8.47. The summed E-state index contributed by atoms with van der Waals surface area (Å²) in [6.07, 6.45) is 0. The van der Waals surface area contributed by atoms with E-state index in [1.54, 1.807) is 17.3 Å². The Kier molecular flexibility index (Phi) is 7.58. The van der Waals surface area contributed by atoms with Gasteiger partial charge < -0.3 is 10.1 Å². The first-order valence-corrected chi connectivity index (χ1v) is 8.80. The largest absolute Gasteiger partial charge is 0.383 e. The third-order valence-electron chi connectivity index (χ3n) is 3.66. The van der Waals surface area contributed by atoms with Crippen molar-refractivity contribution in [3.63, 3.8) is 0 Å². The van der Waals surface area contributed by atoms with E-state index in [1.165, 1.54) is 7.11 Å². The Hall–Kier alpha value is -0.370. The maximum Gasteiger partial charge on any atom is 0.219 e. The van der Waals surface area contributed by atoms with Crippen molar-refractivity contribution in [1.29, 1.82) is 0 Å². The van der Waals surface area contributed by atoms with Gasteiger partial charge in [0.2, 0.25) is 10.0 Å². The van der Waals surface area contributed by atoms with Gasteiger partial charge in [-0.25, -0.2) is 8.42 Å². The van der Waals surface area contributed by atoms with Crippen LogP contribution in [0.15, 0.2) is 24.3 Å². The molecule has 0 amide bonds. The fourth-order valence-corrected chi connectivity index (χ4v) is 4.41. The minimum Gasteiger partial charge on any atom is -0.383 e. The number of hydrogen-bond donors (Lipinski definition) is 1. The molecule has 1 aliphatic heterocycles. The predicted octanol–water partition coefficient (Wildman–Crippen LogP) is 2.07. The number of hydrogen-bond acceptors (Lipinski definition) is 4. The van der Waals surface area contributed by atoms with E-state index >= 15 is 0 Å². The molecule has 0 saturated carbocycles. The average molecular weight is 369 g/mol. The minimum absolute atomic E-state index is 0. The lowest BCUT2D eigenvalue weighted by molar-refractivity contribution is 0.194. The second-order valence-electron chi connectivity index (χ2n) is 5.20. The number of nitrogens with zero attached hydrogens (tertiary/aromatic N) is 1. The zero-order valence-electron chi connectivity index (χ0n) is 12.7. The zero-order valence-corrected chi connectivity index (χ0v) is 15.0. The Morgan fingerprint density at radius 3 is 2.86 bits per heavy atom. The number of rotatable bonds is 5. The van der Waals surface area contributed by atoms with Crippen molar-refractivity contribution in [2.45, 2.75) is 18.2 Å². The van der Waals surface area contributed by atoms with Crippen LogP contribution in [0.3, 0.4) is 0 Å². The van der Waals surface area contributed by atoms with E-state index < -0.39 is 15.3 Å². The highest BCUT2D eigenvalue weighted by atomic mass is 35.5. The summed E-state index contributed by atoms with van der Waals surface area (Å²) < 4.78 is 32.0. The Labute approximate surface area is 143 Å². The van der Waals surface area contributed by atoms with Crippen LogP contribution in [-0.2, 0) is 14.8 Å². The number of sulfonamides is 1. The molecular weight excluding hydrogens is 347 g/mol. The molecule has 2 atom stereocenters. The van der Waals surface area contributed by atoms with Crippen LogP contribution in [0.4, 0.5) is 0 Å². The van der Waals surface area contributed by atoms with E-state index in [0.29, 0.717) is 24.7 Å². The molecule has 0 aliphatic carbocycles. The van der Waals surface area contributed by atoms with Crippen molar-refractivity contribution in [2.24, 2.45) is 0 Å². The van der Waals surface area contributed by atoms with Crippen LogP contribution in [0.1, 0.15) is 18.5 Å². The molecule has 22 heavy (non-hydrogen) atoms. The third-order valence-corrected chi connectivity index (χ3v) is 6.14. The van der Waals surface area contributed by atoms with Crippen molar-refractivity contribution in [2.75, 3.05) is 33.4 Å². The van der Waals surface area contributed by atoms with Crippen molar-refractivity contribution < 1.29 is 13.2 Å². The number of nitrogens with one attached hydrogen (secondary N) is 1. The molecule has 2 rings (SSSR count). The molecule has 126 valence electrons. The summed E-state index contributed by atoms with van der Waals surface area (Å²) in [5.41, 5.74) is 0.905. The van der Waals surface area contributed by atoms with Crippen LogP contribution in [0, 0.1) is 0 Å². The fourth-order valence-electron chi connectivity index (χ4n) is 2.54. The molecule has 0 aromatic heterocycles. The molecule has 2 unspecified atom stereocenters. The summed E-state index contributed by atoms with van der Waals surface area (Å²) >= 11 is 6.03. The number of halogens is 2. The summed E-state index contributed by atoms with van der Waals surface area (Å²) in [6, 6.07) is 7.13. The molecule has 1 aromatic carbocycles. The van der Waals surface area contributed by atoms with E-state index in [1.807, 2.05) is 18.2 Å². The van der Waals surface area contributed by atoms with Crippen molar-refractivity contribution in [3.8, 4) is 0 Å². The molecule has 1 aliphatic rings. The maximum atomic E-state index is 12.7. The molecule has 0 spiro atoms. The van der Waals surface area contributed by atoms with Gasteiger partial charge in [-0.3, -0.25) is 0 Å². The quantitative estimate of drug-likeness (QED) is 0.864. The summed E-state index contributed by atoms with van der Waals surface area (Å²) in [7, 11) is -1.90. The Morgan fingerprint density at radius 1 is 1.50 bits per heavy atom. The van der Waals surface area contributed by atoms with Gasteiger partial charge in [-0.15, -0.1) is 12.4 Å². The Balaban J connectivity index is 0.00000242. The first-order valence-electron chi connectivity index (χ1n) is 6.92. The summed E-state index contributed by atoms with van der Waals surface area (Å²) in [5, 5.41) is 3.29. The van der Waals surface area contributed by atoms with Gasteiger partial charge in [-0.2, -0.15) is 4.31 Å². The van der Waals surface area contributed by atoms with E-state index in [0.717, 1.165) is 5.56 Å². The number of ether oxygens (including phenoxy) is 1. The van der Waals surface area contributed by atoms with Gasteiger partial charge in [0.05, 0.1) is 17.9 Å². The van der Waals surface area contributed by atoms with Gasteiger partial charge in [0.1, 0.15) is 0 Å². The van der Waals surface area contributed by atoms with Crippen LogP contribution < -0.4 is 5.32 Å². The van der Waals surface area contributed by atoms with Gasteiger partial charge >= 0.3 is 0 Å². The smallest absolute Gasteiger partial charge is 0.219 e. The zero-order chi connectivity index (χ0) is 15.5. The lowest BCUT2D eigenvalue weighted by Gasteiger charge is -2.37. The second-order valence-corrected chi connectivity index (χ2v) is 7.94. The molecule has 1 fully saturated rings. The van der Waals surface area contributed by atoms with Gasteiger partial charge in [0, 0.05) is 31.8 Å². The number of methoxy groups -OCH3 is 1. The first-order chi connectivity index (χ1) is 9.96. The molecule has 1 N–H and O–H groups in total. The molecule has 1 heterocycles. The molecule has 5 nitrogen and oxygen atoms in total. The first kappa shape index (κ1) is 19.7. The van der Waals surface area contributed by atoms with Crippen LogP contribution in [-0.4, -0.2) is 51.3 Å². The minimum atomic E-state index is -3.41. The highest BCUT2D eigenvalue weighted by Crippen LogP contribution is 2.28. The predicted molar refractivity (Wildman–Crippen MR) is 91.3 cm³/mol. The third kappa shape index (κ3) is 4.34. The highest BCUT2D eigenvalue weighted by Gasteiger charge is 2.36. The van der Waals surface area contributed by atoms with Crippen molar-refractivity contribution in [1.82, 2.24) is 9.62 Å². The Morgan fingerprint density at radius 2 is 2.23 bits per heavy atom. The van der Waals surface area contributed by atoms with E-state index in [2.05, 4.69) is 5.32 Å². The highest BCUT2D eigenvalue weighted by molar-refractivity contribution is 7.89. The van der Waals surface area contributed by atoms with Crippen molar-refractivity contribution >= 4 is 34.0 Å². The SMILES string of the molecule is COCC(C)S(=O)(=O)N1CCNCC1c1cccc(Cl)c1.Cl. The molecule has 0 radical (unpaired) electrons. The monoisotopic (exact) mass is 368 g/mol. The van der Waals surface area contributed by atoms with Gasteiger partial charge in [-0.1, -0.05) is 23.7 Å². The topological polar surface area (TPSA) is 58.6 Å². The lowest BCUT2D eigenvalue weighted by atomic mass is 10.1. The van der Waals surface area contributed by atoms with Crippen LogP contribution in [0.5, 0.6) is 0 Å². The van der Waals surface area contributed by atoms with Crippen LogP contribution in [0.2, 0.25) is 5.02 Å². The summed E-state index contributed by atoms with van der Waals surface area (Å²) in [5.74, 6) is 0. The summed E-state index contributed by atoms with van der Waals surface area (Å²) in [6.45, 7) is 3.55. The normalized spacial score (nSPS) is 21.1. The van der Waals surface area contributed by atoms with Crippen LogP contribution >= 0.6 is 24.0 Å². The molecule has 1 saturated heterocycles. The summed E-state index contributed by atoms with van der Waals surface area (Å²) in [4.78, 5) is 0. The molecule has 0 bridgehead atoms. The molecule has 8 heteroatoms. The van der Waals surface area contributed by atoms with E-state index in [-0.39, 0.29) is 25.1 Å². The van der Waals surface area contributed by atoms with E-state index in [9.17, 15) is 8.42 Å². The fraction of sp³-hybridized carbons (Fsp3) is 0.571. The van der Waals surface area contributed by atoms with E-state index in [4.69, 9.17) is 16.3 Å². The van der Waals surface area contributed by atoms with Gasteiger partial charge in [0.15, 0.2) is 0 Å². The van der Waals surface area contributed by atoms with Gasteiger partial charge in [-0.05, 0) is 24.6 Å². The van der Waals surface area contributed by atoms with Crippen LogP contribution in [0.25, 0.3) is 0 Å². The van der Waals surface area contributed by atoms with Gasteiger partial charge in [0.25, 0.3) is 0 Å². The molecule has 1 aromatic rings. The average Bonchev–Trinajstić information content (AvgIpc) is 2.47. The standard InChI is InChI=1S/C14H21ClN2O3S.ClH/c1-11(10-20-2)21(18,19)17-7-6-16-9-14(17)12-4-3-5-13(15)8-12;/h3-5,8,11,14,16H,6-7,9-10H2,1-2H3;1H. The lowest BCUT2D eigenvalue weighted by Crippen LogP contribution is -2.51. The van der Waals surface area contributed by atoms with Crippen molar-refractivity contribution in [3.05, 3.63) is 34.9 Å².